The summed E-state index contributed by atoms with van der Waals surface area (Å²) in [5, 5.41) is 0. The van der Waals surface area contributed by atoms with E-state index in [4.69, 9.17) is 14.2 Å². The minimum absolute atomic E-state index is 0.0459. The van der Waals surface area contributed by atoms with Gasteiger partial charge in [-0.15, -0.1) is 0 Å². The van der Waals surface area contributed by atoms with E-state index in [1.165, 1.54) is 0 Å². The number of rotatable bonds is 6. The van der Waals surface area contributed by atoms with E-state index < -0.39 is 0 Å². The molecule has 1 aromatic carbocycles. The Kier molecular flexibility index (Phi) is 6.59. The predicted octanol–water partition coefficient (Wildman–Crippen LogP) is 2.28. The van der Waals surface area contributed by atoms with Crippen molar-refractivity contribution >= 4 is 5.91 Å². The third kappa shape index (κ3) is 4.45. The molecule has 1 atom stereocenters. The van der Waals surface area contributed by atoms with Crippen LogP contribution in [0.1, 0.15) is 28.4 Å². The maximum atomic E-state index is 13.1. The van der Waals surface area contributed by atoms with Gasteiger partial charge in [-0.25, -0.2) is 0 Å². The van der Waals surface area contributed by atoms with Crippen molar-refractivity contribution in [2.24, 2.45) is 0 Å². The zero-order valence-corrected chi connectivity index (χ0v) is 17.4. The van der Waals surface area contributed by atoms with E-state index in [9.17, 15) is 9.59 Å². The molecule has 0 unspecified atom stereocenters. The van der Waals surface area contributed by atoms with Crippen LogP contribution in [0.5, 0.6) is 11.5 Å². The second-order valence-corrected chi connectivity index (χ2v) is 7.23. The monoisotopic (exact) mass is 400 g/mol. The number of benzene rings is 1. The Labute approximate surface area is 170 Å². The van der Waals surface area contributed by atoms with Crippen LogP contribution in [0, 0.1) is 6.92 Å². The summed E-state index contributed by atoms with van der Waals surface area (Å²) in [5.41, 5.74) is 1.70. The van der Waals surface area contributed by atoms with Crippen LogP contribution in [0.25, 0.3) is 0 Å². The summed E-state index contributed by atoms with van der Waals surface area (Å²) in [6.45, 7) is 5.69. The highest BCUT2D eigenvalue weighted by Gasteiger charge is 2.28. The Morgan fingerprint density at radius 3 is 2.66 bits per heavy atom. The van der Waals surface area contributed by atoms with E-state index >= 15 is 0 Å². The molecule has 2 heterocycles. The van der Waals surface area contributed by atoms with Crippen molar-refractivity contribution in [3.05, 3.63) is 57.5 Å². The number of ether oxygens (including phenoxy) is 3. The summed E-state index contributed by atoms with van der Waals surface area (Å²) in [5.74, 6) is 1.10. The Morgan fingerprint density at radius 2 is 1.97 bits per heavy atom. The van der Waals surface area contributed by atoms with Crippen molar-refractivity contribution in [2.45, 2.75) is 32.9 Å². The van der Waals surface area contributed by atoms with E-state index in [0.29, 0.717) is 49.8 Å². The van der Waals surface area contributed by atoms with Gasteiger partial charge in [0.05, 0.1) is 33.5 Å². The largest absolute Gasteiger partial charge is 0.493 e. The van der Waals surface area contributed by atoms with Crippen molar-refractivity contribution in [3.63, 3.8) is 0 Å². The van der Waals surface area contributed by atoms with Crippen LogP contribution in [0.4, 0.5) is 0 Å². The molecular weight excluding hydrogens is 372 g/mol. The van der Waals surface area contributed by atoms with E-state index in [2.05, 4.69) is 0 Å². The minimum Gasteiger partial charge on any atom is -0.493 e. The van der Waals surface area contributed by atoms with Gasteiger partial charge in [-0.05, 0) is 49.6 Å². The molecule has 0 spiro atoms. The van der Waals surface area contributed by atoms with Gasteiger partial charge in [-0.3, -0.25) is 9.59 Å². The van der Waals surface area contributed by atoms with Gasteiger partial charge in [0.2, 0.25) is 0 Å². The number of aryl methyl sites for hydroxylation is 3. The lowest BCUT2D eigenvalue weighted by atomic mass is 10.1. The lowest BCUT2D eigenvalue weighted by Gasteiger charge is -2.33. The molecule has 2 aromatic rings. The molecule has 0 aliphatic carbocycles. The van der Waals surface area contributed by atoms with Crippen LogP contribution in [0.15, 0.2) is 35.3 Å². The second-order valence-electron chi connectivity index (χ2n) is 7.23. The standard InChI is InChI=1S/C22H28N2O5/c1-15-7-9-23(10-8-17-5-6-18(27-3)19(13-17)28-4)21(25)20(15)22(26)24-11-12-29-14-16(24)2/h5-7,9,13,16H,8,10-12,14H2,1-4H3/t16-/m1/s1. The number of nitrogens with zero attached hydrogens (tertiary/aromatic N) is 2. The molecule has 1 fully saturated rings. The molecule has 1 aliphatic rings. The Hall–Kier alpha value is -2.80. The number of aromatic nitrogens is 1. The molecular formula is C22H28N2O5. The quantitative estimate of drug-likeness (QED) is 0.744. The number of methoxy groups -OCH3 is 2. The Balaban J connectivity index is 1.82. The molecule has 1 amide bonds. The smallest absolute Gasteiger partial charge is 0.263 e. The highest BCUT2D eigenvalue weighted by Crippen LogP contribution is 2.27. The first-order valence-corrected chi connectivity index (χ1v) is 9.76. The van der Waals surface area contributed by atoms with Crippen LogP contribution >= 0.6 is 0 Å². The molecule has 29 heavy (non-hydrogen) atoms. The minimum atomic E-state index is -0.255. The maximum Gasteiger partial charge on any atom is 0.263 e. The van der Waals surface area contributed by atoms with Gasteiger partial charge in [0.15, 0.2) is 11.5 Å². The molecule has 3 rings (SSSR count). The molecule has 7 nitrogen and oxygen atoms in total. The number of morpholine rings is 1. The molecule has 0 radical (unpaired) electrons. The first-order valence-electron chi connectivity index (χ1n) is 9.76. The van der Waals surface area contributed by atoms with Gasteiger partial charge in [0.25, 0.3) is 11.5 Å². The fourth-order valence-corrected chi connectivity index (χ4v) is 3.56. The normalized spacial score (nSPS) is 16.6. The first kappa shape index (κ1) is 20.9. The first-order chi connectivity index (χ1) is 14.0. The van der Waals surface area contributed by atoms with Crippen molar-refractivity contribution in [3.8, 4) is 11.5 Å². The van der Waals surface area contributed by atoms with E-state index in [0.717, 1.165) is 5.56 Å². The topological polar surface area (TPSA) is 70.0 Å². The summed E-state index contributed by atoms with van der Waals surface area (Å²) in [7, 11) is 3.19. The lowest BCUT2D eigenvalue weighted by molar-refractivity contribution is 0.00342. The van der Waals surface area contributed by atoms with E-state index in [1.54, 1.807) is 36.8 Å². The highest BCUT2D eigenvalue weighted by molar-refractivity contribution is 5.95. The molecule has 7 heteroatoms. The van der Waals surface area contributed by atoms with Crippen LogP contribution in [-0.4, -0.2) is 55.4 Å². The molecule has 1 aromatic heterocycles. The number of hydrogen-bond donors (Lipinski definition) is 0. The molecule has 156 valence electrons. The van der Waals surface area contributed by atoms with Crippen molar-refractivity contribution < 1.29 is 19.0 Å². The van der Waals surface area contributed by atoms with Crippen LogP contribution in [-0.2, 0) is 17.7 Å². The fraction of sp³-hybridized carbons (Fsp3) is 0.455. The highest BCUT2D eigenvalue weighted by atomic mass is 16.5. The zero-order valence-electron chi connectivity index (χ0n) is 17.4. The van der Waals surface area contributed by atoms with E-state index in [1.807, 2.05) is 31.2 Å². The van der Waals surface area contributed by atoms with Crippen molar-refractivity contribution in [2.75, 3.05) is 34.0 Å². The van der Waals surface area contributed by atoms with Gasteiger partial charge in [-0.1, -0.05) is 6.07 Å². The SMILES string of the molecule is COc1ccc(CCn2ccc(C)c(C(=O)N3CCOC[C@H]3C)c2=O)cc1OC. The number of amides is 1. The number of carbonyl (C=O) groups excluding carboxylic acids is 1. The van der Waals surface area contributed by atoms with Crippen molar-refractivity contribution in [1.29, 1.82) is 0 Å². The van der Waals surface area contributed by atoms with E-state index in [-0.39, 0.29) is 23.1 Å². The third-order valence-corrected chi connectivity index (χ3v) is 5.31. The molecule has 1 saturated heterocycles. The van der Waals surface area contributed by atoms with Gasteiger partial charge in [0, 0.05) is 19.3 Å². The van der Waals surface area contributed by atoms with Gasteiger partial charge in [-0.2, -0.15) is 0 Å². The van der Waals surface area contributed by atoms with Crippen molar-refractivity contribution in [1.82, 2.24) is 9.47 Å². The maximum absolute atomic E-state index is 13.1. The average molecular weight is 400 g/mol. The van der Waals surface area contributed by atoms with Gasteiger partial charge in [0.1, 0.15) is 5.56 Å². The number of pyridine rings is 1. The van der Waals surface area contributed by atoms with Crippen LogP contribution < -0.4 is 15.0 Å². The van der Waals surface area contributed by atoms with Crippen LogP contribution in [0.2, 0.25) is 0 Å². The summed E-state index contributed by atoms with van der Waals surface area (Å²) in [6.07, 6.45) is 2.38. The lowest BCUT2D eigenvalue weighted by Crippen LogP contribution is -2.49. The van der Waals surface area contributed by atoms with Crippen LogP contribution in [0.3, 0.4) is 0 Å². The number of hydrogen-bond acceptors (Lipinski definition) is 5. The van der Waals surface area contributed by atoms with Gasteiger partial charge >= 0.3 is 0 Å². The summed E-state index contributed by atoms with van der Waals surface area (Å²) in [6, 6.07) is 7.48. The summed E-state index contributed by atoms with van der Waals surface area (Å²) >= 11 is 0. The molecule has 0 N–H and O–H groups in total. The Bertz CT molecular complexity index is 937. The predicted molar refractivity (Wildman–Crippen MR) is 110 cm³/mol. The third-order valence-electron chi connectivity index (χ3n) is 5.31. The second kappa shape index (κ2) is 9.13. The fourth-order valence-electron chi connectivity index (χ4n) is 3.56. The molecule has 0 bridgehead atoms. The Morgan fingerprint density at radius 1 is 1.21 bits per heavy atom. The summed E-state index contributed by atoms with van der Waals surface area (Å²) < 4.78 is 17.6. The average Bonchev–Trinajstić information content (AvgIpc) is 2.73. The summed E-state index contributed by atoms with van der Waals surface area (Å²) in [4.78, 5) is 27.9. The molecule has 1 aliphatic heterocycles. The zero-order chi connectivity index (χ0) is 21.0. The van der Waals surface area contributed by atoms with Gasteiger partial charge < -0.3 is 23.7 Å². The molecule has 0 saturated carbocycles. The number of carbonyl (C=O) groups is 1.